The van der Waals surface area contributed by atoms with E-state index in [4.69, 9.17) is 16.3 Å². The van der Waals surface area contributed by atoms with E-state index in [1.54, 1.807) is 18.2 Å². The molecule has 2 rings (SSSR count). The van der Waals surface area contributed by atoms with Crippen LogP contribution in [0.1, 0.15) is 26.2 Å². The van der Waals surface area contributed by atoms with E-state index in [-0.39, 0.29) is 36.4 Å². The van der Waals surface area contributed by atoms with Crippen molar-refractivity contribution < 1.29 is 22.7 Å². The van der Waals surface area contributed by atoms with Gasteiger partial charge in [0.1, 0.15) is 5.75 Å². The van der Waals surface area contributed by atoms with Crippen LogP contribution in [-0.4, -0.2) is 51.1 Å². The highest BCUT2D eigenvalue weighted by molar-refractivity contribution is 7.91. The Balaban J connectivity index is 1.76. The number of urea groups is 1. The lowest BCUT2D eigenvalue weighted by molar-refractivity contribution is -0.121. The van der Waals surface area contributed by atoms with Gasteiger partial charge >= 0.3 is 6.03 Å². The van der Waals surface area contributed by atoms with Crippen LogP contribution in [0.15, 0.2) is 18.2 Å². The Labute approximate surface area is 163 Å². The maximum atomic E-state index is 12.0. The van der Waals surface area contributed by atoms with E-state index < -0.39 is 15.9 Å². The van der Waals surface area contributed by atoms with Crippen molar-refractivity contribution in [3.8, 4) is 5.75 Å². The summed E-state index contributed by atoms with van der Waals surface area (Å²) in [5, 5.41) is 8.35. The van der Waals surface area contributed by atoms with Crippen LogP contribution in [-0.2, 0) is 14.6 Å². The number of benzene rings is 1. The summed E-state index contributed by atoms with van der Waals surface area (Å²) in [6, 6.07) is 4.09. The molecule has 1 aromatic carbocycles. The fourth-order valence-electron chi connectivity index (χ4n) is 2.60. The zero-order valence-electron chi connectivity index (χ0n) is 15.1. The molecule has 3 N–H and O–H groups in total. The molecule has 0 aliphatic carbocycles. The monoisotopic (exact) mass is 417 g/mol. The topological polar surface area (TPSA) is 114 Å². The summed E-state index contributed by atoms with van der Waals surface area (Å²) in [4.78, 5) is 23.9. The van der Waals surface area contributed by atoms with Gasteiger partial charge in [-0.1, -0.05) is 18.5 Å². The first-order valence-corrected chi connectivity index (χ1v) is 11.0. The van der Waals surface area contributed by atoms with Crippen molar-refractivity contribution in [3.63, 3.8) is 0 Å². The van der Waals surface area contributed by atoms with Crippen molar-refractivity contribution in [2.45, 2.75) is 32.2 Å². The molecule has 3 amide bonds. The molecule has 1 fully saturated rings. The third-order valence-corrected chi connectivity index (χ3v) is 5.89. The Bertz CT molecular complexity index is 785. The Morgan fingerprint density at radius 2 is 2.11 bits per heavy atom. The van der Waals surface area contributed by atoms with E-state index >= 15 is 0 Å². The number of rotatable bonds is 8. The number of hydrogen-bond donors (Lipinski definition) is 3. The van der Waals surface area contributed by atoms with Gasteiger partial charge in [-0.25, -0.2) is 13.2 Å². The number of halogens is 1. The average molecular weight is 418 g/mol. The smallest absolute Gasteiger partial charge is 0.319 e. The van der Waals surface area contributed by atoms with Crippen molar-refractivity contribution in [1.82, 2.24) is 10.6 Å². The molecule has 1 aliphatic heterocycles. The molecule has 1 aromatic rings. The highest BCUT2D eigenvalue weighted by Gasteiger charge is 2.28. The molecule has 0 unspecified atom stereocenters. The van der Waals surface area contributed by atoms with Crippen LogP contribution in [0.4, 0.5) is 10.5 Å². The molecule has 10 heteroatoms. The number of carbonyl (C=O) groups is 2. The number of carbonyl (C=O) groups excluding carboxylic acids is 2. The van der Waals surface area contributed by atoms with Crippen molar-refractivity contribution in [2.24, 2.45) is 0 Å². The molecule has 150 valence electrons. The summed E-state index contributed by atoms with van der Waals surface area (Å²) in [5.41, 5.74) is 0.439. The second-order valence-corrected chi connectivity index (χ2v) is 8.95. The van der Waals surface area contributed by atoms with Crippen LogP contribution in [0, 0.1) is 0 Å². The molecule has 0 aromatic heterocycles. The predicted octanol–water partition coefficient (Wildman–Crippen LogP) is 1.94. The second-order valence-electron chi connectivity index (χ2n) is 6.29. The minimum Gasteiger partial charge on any atom is -0.491 e. The summed E-state index contributed by atoms with van der Waals surface area (Å²) >= 11 is 5.96. The van der Waals surface area contributed by atoms with Gasteiger partial charge in [0.05, 0.1) is 23.8 Å². The van der Waals surface area contributed by atoms with Gasteiger partial charge in [-0.3, -0.25) is 4.79 Å². The summed E-state index contributed by atoms with van der Waals surface area (Å²) in [6.07, 6.45) is 1.31. The molecule has 0 bridgehead atoms. The number of ether oxygens (including phenoxy) is 1. The van der Waals surface area contributed by atoms with Crippen molar-refractivity contribution >= 4 is 39.1 Å². The zero-order valence-corrected chi connectivity index (χ0v) is 16.7. The zero-order chi connectivity index (χ0) is 19.9. The molecule has 1 atom stereocenters. The third kappa shape index (κ3) is 7.26. The van der Waals surface area contributed by atoms with E-state index in [1.165, 1.54) is 0 Å². The molecule has 8 nitrogen and oxygen atoms in total. The van der Waals surface area contributed by atoms with E-state index in [9.17, 15) is 18.0 Å². The van der Waals surface area contributed by atoms with Crippen LogP contribution in [0.25, 0.3) is 0 Å². The van der Waals surface area contributed by atoms with Gasteiger partial charge in [-0.2, -0.15) is 0 Å². The number of nitrogens with one attached hydrogen (secondary N) is 3. The average Bonchev–Trinajstić information content (AvgIpc) is 2.92. The summed E-state index contributed by atoms with van der Waals surface area (Å²) in [6.45, 7) is 2.60. The lowest BCUT2D eigenvalue weighted by atomic mass is 10.2. The van der Waals surface area contributed by atoms with E-state index in [1.807, 2.05) is 6.92 Å². The minimum absolute atomic E-state index is 0.0258. The Kier molecular flexibility index (Phi) is 7.73. The minimum atomic E-state index is -3.04. The molecule has 0 saturated carbocycles. The fraction of sp³-hybridized carbons (Fsp3) is 0.529. The quantitative estimate of drug-likeness (QED) is 0.598. The van der Waals surface area contributed by atoms with Crippen LogP contribution in [0.3, 0.4) is 0 Å². The van der Waals surface area contributed by atoms with Crippen molar-refractivity contribution in [2.75, 3.05) is 30.0 Å². The second kappa shape index (κ2) is 9.80. The van der Waals surface area contributed by atoms with Gasteiger partial charge in [0.15, 0.2) is 9.84 Å². The summed E-state index contributed by atoms with van der Waals surface area (Å²) in [7, 11) is -3.04. The fourth-order valence-corrected chi connectivity index (χ4v) is 4.45. The highest BCUT2D eigenvalue weighted by atomic mass is 35.5. The number of amides is 3. The maximum Gasteiger partial charge on any atom is 0.319 e. The first-order valence-electron chi connectivity index (χ1n) is 8.76. The van der Waals surface area contributed by atoms with Gasteiger partial charge in [-0.05, 0) is 31.0 Å². The standard InChI is InChI=1S/C17H24ClN3O5S/c1-2-8-26-15-4-3-12(18)10-14(15)21-17(23)19-7-5-16(22)20-13-6-9-27(24,25)11-13/h3-4,10,13H,2,5-9,11H2,1H3,(H,20,22)(H2,19,21,23)/t13-/m1/s1. The van der Waals surface area contributed by atoms with E-state index in [0.717, 1.165) is 6.42 Å². The van der Waals surface area contributed by atoms with Gasteiger partial charge < -0.3 is 20.7 Å². The Morgan fingerprint density at radius 3 is 2.78 bits per heavy atom. The summed E-state index contributed by atoms with van der Waals surface area (Å²) in [5.74, 6) is 0.284. The van der Waals surface area contributed by atoms with Gasteiger partial charge in [0.25, 0.3) is 0 Å². The van der Waals surface area contributed by atoms with E-state index in [2.05, 4.69) is 16.0 Å². The molecular formula is C17H24ClN3O5S. The normalized spacial score (nSPS) is 17.9. The van der Waals surface area contributed by atoms with Crippen LogP contribution < -0.4 is 20.7 Å². The van der Waals surface area contributed by atoms with Crippen LogP contribution in [0.5, 0.6) is 5.75 Å². The van der Waals surface area contributed by atoms with Crippen molar-refractivity contribution in [3.05, 3.63) is 23.2 Å². The SMILES string of the molecule is CCCOc1ccc(Cl)cc1NC(=O)NCCC(=O)N[C@@H]1CCS(=O)(=O)C1. The number of sulfone groups is 1. The van der Waals surface area contributed by atoms with Crippen LogP contribution >= 0.6 is 11.6 Å². The summed E-state index contributed by atoms with van der Waals surface area (Å²) < 4.78 is 28.3. The van der Waals surface area contributed by atoms with Crippen molar-refractivity contribution in [1.29, 1.82) is 0 Å². The predicted molar refractivity (Wildman–Crippen MR) is 104 cm³/mol. The van der Waals surface area contributed by atoms with Gasteiger partial charge in [0.2, 0.25) is 5.91 Å². The molecule has 0 spiro atoms. The lowest BCUT2D eigenvalue weighted by Crippen LogP contribution is -2.38. The van der Waals surface area contributed by atoms with Crippen LogP contribution in [0.2, 0.25) is 5.02 Å². The van der Waals surface area contributed by atoms with Gasteiger partial charge in [0, 0.05) is 24.0 Å². The molecule has 1 aliphatic rings. The lowest BCUT2D eigenvalue weighted by Gasteiger charge is -2.14. The first kappa shape index (κ1) is 21.3. The van der Waals surface area contributed by atoms with Gasteiger partial charge in [-0.15, -0.1) is 0 Å². The molecule has 0 radical (unpaired) electrons. The highest BCUT2D eigenvalue weighted by Crippen LogP contribution is 2.28. The molecule has 1 heterocycles. The number of hydrogen-bond acceptors (Lipinski definition) is 5. The molecule has 27 heavy (non-hydrogen) atoms. The molecular weight excluding hydrogens is 394 g/mol. The van der Waals surface area contributed by atoms with E-state index in [0.29, 0.717) is 29.5 Å². The third-order valence-electron chi connectivity index (χ3n) is 3.89. The largest absolute Gasteiger partial charge is 0.491 e. The first-order chi connectivity index (χ1) is 12.8. The number of anilines is 1. The maximum absolute atomic E-state index is 12.0. The Morgan fingerprint density at radius 1 is 1.33 bits per heavy atom. The molecule has 1 saturated heterocycles. The Hall–Kier alpha value is -2.00.